The van der Waals surface area contributed by atoms with Gasteiger partial charge in [0.2, 0.25) is 0 Å². The second-order valence-electron chi connectivity index (χ2n) is 6.31. The van der Waals surface area contributed by atoms with Crippen LogP contribution in [0, 0.1) is 5.92 Å². The van der Waals surface area contributed by atoms with Gasteiger partial charge in [-0.25, -0.2) is 0 Å². The van der Waals surface area contributed by atoms with Gasteiger partial charge < -0.3 is 0 Å². The van der Waals surface area contributed by atoms with Crippen LogP contribution in [0.15, 0.2) is 0 Å². The van der Waals surface area contributed by atoms with Crippen LogP contribution >= 0.6 is 0 Å². The molecule has 0 aromatic carbocycles. The van der Waals surface area contributed by atoms with Crippen LogP contribution in [0.25, 0.3) is 0 Å². The summed E-state index contributed by atoms with van der Waals surface area (Å²) < 4.78 is 33.1. The van der Waals surface area contributed by atoms with E-state index in [1.165, 1.54) is 109 Å². The quantitative estimate of drug-likeness (QED) is 0.271. The summed E-state index contributed by atoms with van der Waals surface area (Å²) in [6.45, 7) is 4.75. The Morgan fingerprint density at radius 3 is 1.59 bits per heavy atom. The molecule has 0 heterocycles. The molecule has 0 saturated heterocycles. The summed E-state index contributed by atoms with van der Waals surface area (Å²) in [7, 11) is -4.67. The van der Waals surface area contributed by atoms with E-state index in [2.05, 4.69) is 13.8 Å². The summed E-state index contributed by atoms with van der Waals surface area (Å²) in [6, 6.07) is 0. The zero-order valence-corrected chi connectivity index (χ0v) is 17.7. The molecule has 0 spiro atoms. The molecule has 0 aliphatic carbocycles. The molecule has 2 N–H and O–H groups in total. The smallest absolute Gasteiger partial charge is 0.264 e. The molecular formula is C16H35NaO4S. The maximum absolute atomic E-state index is 8.74. The number of unbranched alkanes of at least 4 members (excludes halogenated alkanes) is 8. The zero-order chi connectivity index (χ0) is 17.3. The van der Waals surface area contributed by atoms with Crippen molar-refractivity contribution in [2.24, 2.45) is 5.92 Å². The van der Waals surface area contributed by atoms with Gasteiger partial charge in [-0.3, -0.25) is 9.11 Å². The predicted molar refractivity (Wildman–Crippen MR) is 95.0 cm³/mol. The molecule has 0 saturated carbocycles. The van der Waals surface area contributed by atoms with E-state index in [-0.39, 0.29) is 0 Å². The molecule has 0 aliphatic heterocycles. The van der Waals surface area contributed by atoms with Crippen molar-refractivity contribution in [1.82, 2.24) is 0 Å². The molecule has 0 aromatic rings. The number of hydrogen-bond donors (Lipinski definition) is 2. The summed E-state index contributed by atoms with van der Waals surface area (Å²) in [6.07, 6.45) is 17.6. The maximum Gasteiger partial charge on any atom is 0.394 e. The minimum absolute atomic E-state index is 0.983. The molecule has 0 amide bonds. The molecular weight excluding hydrogens is 311 g/mol. The van der Waals surface area contributed by atoms with Gasteiger partial charge in [0.05, 0.1) is 0 Å². The van der Waals surface area contributed by atoms with E-state index in [0.717, 1.165) is 5.92 Å². The largest absolute Gasteiger partial charge is 0.394 e. The molecule has 4 nitrogen and oxygen atoms in total. The first-order valence-corrected chi connectivity index (χ1v) is 11.8. The van der Waals surface area contributed by atoms with Crippen molar-refractivity contribution in [2.75, 3.05) is 0 Å². The minimum atomic E-state index is -4.67. The van der Waals surface area contributed by atoms with Gasteiger partial charge in [-0.1, -0.05) is 19.8 Å². The van der Waals surface area contributed by atoms with Crippen LogP contribution in [0.4, 0.5) is 0 Å². The molecule has 0 fully saturated rings. The molecule has 0 rings (SSSR count). The van der Waals surface area contributed by atoms with Crippen LogP contribution in [0.3, 0.4) is 0 Å². The number of rotatable bonds is 13. The molecule has 1 unspecified atom stereocenters. The Bertz CT molecular complexity index is 299. The predicted octanol–water partition coefficient (Wildman–Crippen LogP) is 5.26. The third-order valence-corrected chi connectivity index (χ3v) is 4.56. The van der Waals surface area contributed by atoms with E-state index in [1.807, 2.05) is 0 Å². The van der Waals surface area contributed by atoms with Crippen LogP contribution in [-0.4, -0.2) is 45.5 Å². The van der Waals surface area contributed by atoms with Crippen molar-refractivity contribution < 1.29 is 17.5 Å². The summed E-state index contributed by atoms with van der Waals surface area (Å²) >= 11 is 1.41. The Labute approximate surface area is 155 Å². The Kier molecular flexibility index (Phi) is 20.8. The molecule has 22 heavy (non-hydrogen) atoms. The second kappa shape index (κ2) is 18.2. The fraction of sp³-hybridized carbons (Fsp3) is 1.00. The van der Waals surface area contributed by atoms with E-state index in [0.29, 0.717) is 0 Å². The number of hydrogen-bond acceptors (Lipinski definition) is 2. The summed E-state index contributed by atoms with van der Waals surface area (Å²) in [4.78, 5) is 0. The van der Waals surface area contributed by atoms with Crippen molar-refractivity contribution >= 4 is 38.3 Å². The van der Waals surface area contributed by atoms with Gasteiger partial charge in [-0.2, -0.15) is 8.42 Å². The maximum atomic E-state index is 8.74. The van der Waals surface area contributed by atoms with E-state index < -0.39 is 10.4 Å². The Morgan fingerprint density at radius 2 is 1.18 bits per heavy atom. The van der Waals surface area contributed by atoms with E-state index in [9.17, 15) is 0 Å². The van der Waals surface area contributed by atoms with Crippen molar-refractivity contribution in [1.29, 1.82) is 0 Å². The molecule has 6 heteroatoms. The first-order valence-electron chi connectivity index (χ1n) is 9.01. The van der Waals surface area contributed by atoms with Gasteiger partial charge in [-0.05, 0) is 0 Å². The Hall–Kier alpha value is 0.870. The van der Waals surface area contributed by atoms with Gasteiger partial charge in [0.1, 0.15) is 0 Å². The average Bonchev–Trinajstić information content (AvgIpc) is 2.40. The van der Waals surface area contributed by atoms with Crippen LogP contribution in [-0.2, 0) is 10.4 Å². The fourth-order valence-electron chi connectivity index (χ4n) is 2.51. The summed E-state index contributed by atoms with van der Waals surface area (Å²) in [5.74, 6) is 0.983. The summed E-state index contributed by atoms with van der Waals surface area (Å²) in [5, 5.41) is 0. The fourth-order valence-corrected chi connectivity index (χ4v) is 3.01. The van der Waals surface area contributed by atoms with Crippen LogP contribution in [0.2, 0.25) is 3.67 Å². The topological polar surface area (TPSA) is 74.6 Å². The molecule has 0 bridgehead atoms. The van der Waals surface area contributed by atoms with Gasteiger partial charge in [-0.15, -0.1) is 0 Å². The monoisotopic (exact) mass is 346 g/mol. The van der Waals surface area contributed by atoms with Crippen molar-refractivity contribution in [2.45, 2.75) is 94.6 Å². The first kappa shape index (κ1) is 25.1. The molecule has 0 aromatic heterocycles. The van der Waals surface area contributed by atoms with Crippen molar-refractivity contribution in [3.63, 3.8) is 0 Å². The summed E-state index contributed by atoms with van der Waals surface area (Å²) in [5.41, 5.74) is 0. The average molecular weight is 347 g/mol. The van der Waals surface area contributed by atoms with Crippen molar-refractivity contribution in [3.8, 4) is 0 Å². The first-order chi connectivity index (χ1) is 10.3. The van der Waals surface area contributed by atoms with E-state index in [4.69, 9.17) is 17.5 Å². The van der Waals surface area contributed by atoms with Gasteiger partial charge in [0, 0.05) is 0 Å². The van der Waals surface area contributed by atoms with Gasteiger partial charge in [0.25, 0.3) is 0 Å². The molecule has 1 atom stereocenters. The van der Waals surface area contributed by atoms with Crippen LogP contribution in [0.1, 0.15) is 90.9 Å². The van der Waals surface area contributed by atoms with E-state index >= 15 is 0 Å². The Balaban J connectivity index is 0. The SMILES string of the molecule is CCCCCCCCC(C)CCCCC[CH2][Na].O=S(=O)(O)O. The van der Waals surface area contributed by atoms with E-state index in [1.54, 1.807) is 0 Å². The van der Waals surface area contributed by atoms with Gasteiger partial charge >= 0.3 is 119 Å². The molecule has 0 radical (unpaired) electrons. The Morgan fingerprint density at radius 1 is 0.818 bits per heavy atom. The standard InChI is InChI=1S/C16H33.Na.H2O4S/c1-4-6-8-10-11-13-15-16(3)14-12-9-7-5-2;;1-5(2,3)4/h16H,2,4-15H2,1,3H3;;(H2,1,2,3,4). The third-order valence-electron chi connectivity index (χ3n) is 3.85. The van der Waals surface area contributed by atoms with Crippen LogP contribution in [0.5, 0.6) is 0 Å². The van der Waals surface area contributed by atoms with Crippen LogP contribution < -0.4 is 0 Å². The van der Waals surface area contributed by atoms with Crippen molar-refractivity contribution in [3.05, 3.63) is 0 Å². The second-order valence-corrected chi connectivity index (χ2v) is 8.21. The minimum Gasteiger partial charge on any atom is -0.264 e. The normalized spacial score (nSPS) is 12.6. The molecule has 130 valence electrons. The zero-order valence-electron chi connectivity index (χ0n) is 14.9. The third kappa shape index (κ3) is 32.7. The van der Waals surface area contributed by atoms with Gasteiger partial charge in [0.15, 0.2) is 0 Å². The molecule has 0 aliphatic rings.